The van der Waals surface area contributed by atoms with Gasteiger partial charge in [-0.15, -0.1) is 0 Å². The highest BCUT2D eigenvalue weighted by Crippen LogP contribution is 2.36. The Morgan fingerprint density at radius 2 is 1.62 bits per heavy atom. The van der Waals surface area contributed by atoms with Crippen LogP contribution >= 0.6 is 0 Å². The molecule has 114 valence electrons. The minimum Gasteiger partial charge on any atom is -0.383 e. The number of anilines is 1. The number of hydrogen-bond acceptors (Lipinski definition) is 2. The number of hydrogen-bond donors (Lipinski definition) is 1. The second-order valence-corrected chi connectivity index (χ2v) is 7.13. The molecule has 2 aromatic rings. The van der Waals surface area contributed by atoms with Crippen molar-refractivity contribution in [3.8, 4) is 11.3 Å². The van der Waals surface area contributed by atoms with Crippen LogP contribution in [0, 0.1) is 13.8 Å². The van der Waals surface area contributed by atoms with Crippen LogP contribution in [-0.2, 0) is 5.54 Å². The molecule has 0 saturated heterocycles. The van der Waals surface area contributed by atoms with Crippen LogP contribution in [-0.4, -0.2) is 9.55 Å². The Labute approximate surface area is 128 Å². The number of nitrogen functional groups attached to an aromatic ring is 1. The van der Waals surface area contributed by atoms with Crippen molar-refractivity contribution in [2.75, 3.05) is 5.73 Å². The molecule has 0 atom stereocenters. The van der Waals surface area contributed by atoms with Crippen molar-refractivity contribution in [1.82, 2.24) is 9.55 Å². The lowest BCUT2D eigenvalue weighted by Crippen LogP contribution is -2.26. The van der Waals surface area contributed by atoms with Gasteiger partial charge in [0, 0.05) is 17.0 Å². The third kappa shape index (κ3) is 2.69. The third-order valence-electron chi connectivity index (χ3n) is 3.84. The van der Waals surface area contributed by atoms with Gasteiger partial charge in [-0.05, 0) is 45.7 Å². The van der Waals surface area contributed by atoms with Gasteiger partial charge in [0.1, 0.15) is 17.3 Å². The lowest BCUT2D eigenvalue weighted by molar-refractivity contribution is 0.382. The van der Waals surface area contributed by atoms with Crippen LogP contribution in [0.4, 0.5) is 5.82 Å². The van der Waals surface area contributed by atoms with E-state index in [4.69, 9.17) is 10.7 Å². The quantitative estimate of drug-likeness (QED) is 0.874. The van der Waals surface area contributed by atoms with E-state index in [1.807, 2.05) is 0 Å². The van der Waals surface area contributed by atoms with Gasteiger partial charge in [-0.3, -0.25) is 0 Å². The van der Waals surface area contributed by atoms with Crippen molar-refractivity contribution in [2.45, 2.75) is 59.9 Å². The van der Waals surface area contributed by atoms with Crippen LogP contribution in [0.15, 0.2) is 18.2 Å². The van der Waals surface area contributed by atoms with Crippen molar-refractivity contribution in [2.24, 2.45) is 0 Å². The molecular weight excluding hydrogens is 258 g/mol. The van der Waals surface area contributed by atoms with Gasteiger partial charge in [0.25, 0.3) is 0 Å². The molecular formula is C18H27N3. The molecule has 0 aliphatic rings. The summed E-state index contributed by atoms with van der Waals surface area (Å²) in [5.74, 6) is 2.16. The lowest BCUT2D eigenvalue weighted by Gasteiger charge is -2.26. The summed E-state index contributed by atoms with van der Waals surface area (Å²) in [7, 11) is 0. The molecule has 0 spiro atoms. The zero-order valence-electron chi connectivity index (χ0n) is 14.3. The summed E-state index contributed by atoms with van der Waals surface area (Å²) < 4.78 is 2.18. The summed E-state index contributed by atoms with van der Waals surface area (Å²) in [5.41, 5.74) is 10.9. The number of aromatic nitrogens is 2. The fourth-order valence-corrected chi connectivity index (χ4v) is 2.92. The standard InChI is InChI=1S/C18H27N3/c1-11(2)17-20-15(16(19)21(17)18(5,6)7)14-12(3)9-8-10-13(14)4/h8-11H,19H2,1-7H3. The molecule has 0 bridgehead atoms. The fraction of sp³-hybridized carbons (Fsp3) is 0.500. The molecule has 0 radical (unpaired) electrons. The highest BCUT2D eigenvalue weighted by Gasteiger charge is 2.26. The molecule has 0 fully saturated rings. The summed E-state index contributed by atoms with van der Waals surface area (Å²) in [6, 6.07) is 6.31. The first kappa shape index (κ1) is 15.6. The van der Waals surface area contributed by atoms with E-state index in [2.05, 4.69) is 71.2 Å². The molecule has 0 unspecified atom stereocenters. The smallest absolute Gasteiger partial charge is 0.132 e. The number of imidazole rings is 1. The summed E-state index contributed by atoms with van der Waals surface area (Å²) >= 11 is 0. The van der Waals surface area contributed by atoms with E-state index >= 15 is 0 Å². The van der Waals surface area contributed by atoms with E-state index in [9.17, 15) is 0 Å². The topological polar surface area (TPSA) is 43.8 Å². The molecule has 1 heterocycles. The molecule has 3 nitrogen and oxygen atoms in total. The van der Waals surface area contributed by atoms with Crippen LogP contribution in [0.5, 0.6) is 0 Å². The van der Waals surface area contributed by atoms with Crippen molar-refractivity contribution in [3.63, 3.8) is 0 Å². The lowest BCUT2D eigenvalue weighted by atomic mass is 10.00. The predicted octanol–water partition coefficient (Wildman–Crippen LogP) is 4.63. The predicted molar refractivity (Wildman–Crippen MR) is 90.6 cm³/mol. The van der Waals surface area contributed by atoms with Crippen molar-refractivity contribution in [3.05, 3.63) is 35.2 Å². The van der Waals surface area contributed by atoms with E-state index in [1.165, 1.54) is 16.7 Å². The Kier molecular flexibility index (Phi) is 3.87. The first-order valence-corrected chi connectivity index (χ1v) is 7.59. The Hall–Kier alpha value is -1.77. The van der Waals surface area contributed by atoms with E-state index in [0.29, 0.717) is 5.92 Å². The number of nitrogens with zero attached hydrogens (tertiary/aromatic N) is 2. The molecule has 1 aromatic carbocycles. The first-order valence-electron chi connectivity index (χ1n) is 7.59. The van der Waals surface area contributed by atoms with Crippen LogP contribution in [0.25, 0.3) is 11.3 Å². The van der Waals surface area contributed by atoms with Crippen molar-refractivity contribution < 1.29 is 0 Å². The monoisotopic (exact) mass is 285 g/mol. The highest BCUT2D eigenvalue weighted by atomic mass is 15.2. The Bertz CT molecular complexity index is 638. The average molecular weight is 285 g/mol. The first-order chi connectivity index (χ1) is 9.64. The van der Waals surface area contributed by atoms with Gasteiger partial charge in [0.05, 0.1) is 0 Å². The highest BCUT2D eigenvalue weighted by molar-refractivity contribution is 5.76. The van der Waals surface area contributed by atoms with E-state index < -0.39 is 0 Å². The fourth-order valence-electron chi connectivity index (χ4n) is 2.92. The zero-order chi connectivity index (χ0) is 15.9. The SMILES string of the molecule is Cc1cccc(C)c1-c1nc(C(C)C)n(C(C)(C)C)c1N. The largest absolute Gasteiger partial charge is 0.383 e. The van der Waals surface area contributed by atoms with Gasteiger partial charge >= 0.3 is 0 Å². The zero-order valence-corrected chi connectivity index (χ0v) is 14.3. The summed E-state index contributed by atoms with van der Waals surface area (Å²) in [4.78, 5) is 4.91. The summed E-state index contributed by atoms with van der Waals surface area (Å²) in [6.45, 7) is 15.1. The maximum absolute atomic E-state index is 6.50. The molecule has 2 N–H and O–H groups in total. The second kappa shape index (κ2) is 5.21. The van der Waals surface area contributed by atoms with Crippen molar-refractivity contribution >= 4 is 5.82 Å². The minimum absolute atomic E-state index is 0.0779. The van der Waals surface area contributed by atoms with Gasteiger partial charge in [0.2, 0.25) is 0 Å². The summed E-state index contributed by atoms with van der Waals surface area (Å²) in [6.07, 6.45) is 0. The van der Waals surface area contributed by atoms with Gasteiger partial charge in [-0.25, -0.2) is 4.98 Å². The van der Waals surface area contributed by atoms with E-state index in [0.717, 1.165) is 17.3 Å². The number of benzene rings is 1. The average Bonchev–Trinajstić information content (AvgIpc) is 2.67. The van der Waals surface area contributed by atoms with Gasteiger partial charge in [-0.1, -0.05) is 32.0 Å². The second-order valence-electron chi connectivity index (χ2n) is 7.13. The minimum atomic E-state index is -0.0779. The molecule has 3 heteroatoms. The van der Waals surface area contributed by atoms with Crippen LogP contribution in [0.3, 0.4) is 0 Å². The molecule has 0 aliphatic heterocycles. The Morgan fingerprint density at radius 3 is 2.00 bits per heavy atom. The number of rotatable bonds is 2. The van der Waals surface area contributed by atoms with E-state index in [-0.39, 0.29) is 5.54 Å². The molecule has 1 aromatic heterocycles. The Balaban J connectivity index is 2.78. The molecule has 21 heavy (non-hydrogen) atoms. The third-order valence-corrected chi connectivity index (χ3v) is 3.84. The normalized spacial score (nSPS) is 12.2. The maximum atomic E-state index is 6.50. The van der Waals surface area contributed by atoms with Crippen LogP contribution < -0.4 is 5.73 Å². The number of nitrogens with two attached hydrogens (primary N) is 1. The molecule has 0 aliphatic carbocycles. The van der Waals surface area contributed by atoms with E-state index in [1.54, 1.807) is 0 Å². The Morgan fingerprint density at radius 1 is 1.10 bits per heavy atom. The van der Waals surface area contributed by atoms with Crippen LogP contribution in [0.1, 0.15) is 57.5 Å². The van der Waals surface area contributed by atoms with Gasteiger partial charge in [-0.2, -0.15) is 0 Å². The molecule has 0 saturated carbocycles. The summed E-state index contributed by atoms with van der Waals surface area (Å²) in [5, 5.41) is 0. The van der Waals surface area contributed by atoms with Gasteiger partial charge in [0.15, 0.2) is 0 Å². The van der Waals surface area contributed by atoms with Gasteiger partial charge < -0.3 is 10.3 Å². The van der Waals surface area contributed by atoms with Crippen LogP contribution in [0.2, 0.25) is 0 Å². The maximum Gasteiger partial charge on any atom is 0.132 e. The molecule has 2 rings (SSSR count). The molecule has 0 amide bonds. The van der Waals surface area contributed by atoms with Crippen molar-refractivity contribution in [1.29, 1.82) is 0 Å². The number of aryl methyl sites for hydroxylation is 2.